The molecule has 2 fully saturated rings. The molecular formula is C45H59N5O11S4. The van der Waals surface area contributed by atoms with Crippen molar-refractivity contribution >= 4 is 76.1 Å². The number of likely N-dealkylation sites (tertiary alicyclic amines) is 2. The quantitative estimate of drug-likeness (QED) is 0.0366. The summed E-state index contributed by atoms with van der Waals surface area (Å²) in [5, 5.41) is 27.9. The molecular weight excluding hydrogens is 915 g/mol. The van der Waals surface area contributed by atoms with Gasteiger partial charge in [0.25, 0.3) is 23.2 Å². The van der Waals surface area contributed by atoms with E-state index >= 15 is 0 Å². The highest BCUT2D eigenvalue weighted by atomic mass is 32.2. The molecule has 0 saturated carbocycles. The molecule has 0 radical (unpaired) electrons. The second-order valence-electron chi connectivity index (χ2n) is 15.1. The van der Waals surface area contributed by atoms with Gasteiger partial charge in [-0.25, -0.2) is 0 Å². The van der Waals surface area contributed by atoms with E-state index in [1.165, 1.54) is 38.5 Å². The number of hydrogen-bond acceptors (Lipinski definition) is 15. The van der Waals surface area contributed by atoms with Crippen molar-refractivity contribution in [1.29, 1.82) is 0 Å². The Balaban J connectivity index is 1.27. The Kier molecular flexibility index (Phi) is 20.1. The fourth-order valence-corrected chi connectivity index (χ4v) is 13.7. The van der Waals surface area contributed by atoms with E-state index in [1.54, 1.807) is 56.8 Å². The lowest BCUT2D eigenvalue weighted by Crippen LogP contribution is -2.42. The Morgan fingerprint density at radius 3 is 1.78 bits per heavy atom. The van der Waals surface area contributed by atoms with Crippen LogP contribution in [0.15, 0.2) is 54.6 Å². The molecule has 16 nitrogen and oxygen atoms in total. The zero-order valence-corrected chi connectivity index (χ0v) is 41.0. The molecule has 3 atom stereocenters. The van der Waals surface area contributed by atoms with Gasteiger partial charge in [-0.05, 0) is 54.3 Å². The van der Waals surface area contributed by atoms with Crippen molar-refractivity contribution in [3.63, 3.8) is 0 Å². The summed E-state index contributed by atoms with van der Waals surface area (Å²) in [5.74, 6) is 2.63. The van der Waals surface area contributed by atoms with Gasteiger partial charge in [0.05, 0.1) is 64.1 Å². The van der Waals surface area contributed by atoms with Crippen molar-refractivity contribution in [1.82, 2.24) is 15.1 Å². The van der Waals surface area contributed by atoms with Crippen molar-refractivity contribution < 1.29 is 43.2 Å². The van der Waals surface area contributed by atoms with Crippen LogP contribution in [0.4, 0.5) is 11.4 Å². The summed E-state index contributed by atoms with van der Waals surface area (Å²) < 4.78 is 23.1. The summed E-state index contributed by atoms with van der Waals surface area (Å²) in [4.78, 5) is 68.8. The molecule has 2 heterocycles. The smallest absolute Gasteiger partial charge is 0.286 e. The van der Waals surface area contributed by atoms with Gasteiger partial charge in [-0.3, -0.25) is 34.6 Å². The van der Waals surface area contributed by atoms with E-state index in [0.717, 1.165) is 41.4 Å². The number of nitrogens with one attached hydrogen (secondary N) is 1. The van der Waals surface area contributed by atoms with Crippen LogP contribution >= 0.6 is 47.0 Å². The first-order valence-corrected chi connectivity index (χ1v) is 26.0. The molecule has 0 aliphatic carbocycles. The molecule has 65 heavy (non-hydrogen) atoms. The third-order valence-electron chi connectivity index (χ3n) is 10.9. The fraction of sp³-hybridized carbons (Fsp3) is 0.533. The van der Waals surface area contributed by atoms with Gasteiger partial charge in [0.1, 0.15) is 17.7 Å². The molecule has 2 saturated heterocycles. The lowest BCUT2D eigenvalue weighted by atomic mass is 10.1. The van der Waals surface area contributed by atoms with E-state index in [4.69, 9.17) is 18.9 Å². The summed E-state index contributed by atoms with van der Waals surface area (Å²) in [6, 6.07) is 13.6. The van der Waals surface area contributed by atoms with Gasteiger partial charge < -0.3 is 34.1 Å². The van der Waals surface area contributed by atoms with Gasteiger partial charge in [0.15, 0.2) is 23.0 Å². The van der Waals surface area contributed by atoms with Crippen LogP contribution in [0.1, 0.15) is 86.1 Å². The number of carbonyl (C=O) groups is 3. The van der Waals surface area contributed by atoms with Crippen LogP contribution in [0.25, 0.3) is 0 Å². The molecule has 0 bridgehead atoms. The van der Waals surface area contributed by atoms with E-state index in [1.807, 2.05) is 44.2 Å². The minimum atomic E-state index is -0.603. The van der Waals surface area contributed by atoms with Crippen LogP contribution in [-0.2, 0) is 11.4 Å². The normalized spacial score (nSPS) is 17.1. The first-order valence-electron chi connectivity index (χ1n) is 21.8. The highest BCUT2D eigenvalue weighted by Crippen LogP contribution is 2.42. The van der Waals surface area contributed by atoms with Gasteiger partial charge in [-0.2, -0.15) is 0 Å². The maximum atomic E-state index is 14.5. The number of hydrogen-bond donors (Lipinski definition) is 1. The summed E-state index contributed by atoms with van der Waals surface area (Å²) in [7, 11) is 2.81. The number of carbonyl (C=O) groups excluding carboxylic acids is 3. The maximum absolute atomic E-state index is 14.5. The molecule has 0 unspecified atom stereocenters. The van der Waals surface area contributed by atoms with E-state index < -0.39 is 33.4 Å². The molecule has 3 amide bonds. The summed E-state index contributed by atoms with van der Waals surface area (Å²) in [5.41, 5.74) is -0.163. The van der Waals surface area contributed by atoms with E-state index in [0.29, 0.717) is 13.0 Å². The van der Waals surface area contributed by atoms with Crippen LogP contribution in [0, 0.1) is 20.2 Å². The molecule has 3 aromatic rings. The second kappa shape index (κ2) is 25.4. The molecule has 0 spiro atoms. The summed E-state index contributed by atoms with van der Waals surface area (Å²) in [6.07, 6.45) is 2.36. The van der Waals surface area contributed by atoms with Crippen LogP contribution in [0.5, 0.6) is 23.0 Å². The number of nitro benzene ring substituents is 2. The zero-order valence-electron chi connectivity index (χ0n) is 37.7. The molecule has 2 aliphatic rings. The van der Waals surface area contributed by atoms with Crippen LogP contribution < -0.4 is 24.3 Å². The predicted octanol–water partition coefficient (Wildman–Crippen LogP) is 8.93. The highest BCUT2D eigenvalue weighted by molar-refractivity contribution is 8.17. The highest BCUT2D eigenvalue weighted by Gasteiger charge is 2.43. The van der Waals surface area contributed by atoms with Crippen molar-refractivity contribution in [2.24, 2.45) is 0 Å². The SMILES string of the molecule is CCSC(SCC)[C@@H]1CCCN1C(=O)c1cc(OC)c(OCCCC(=O)N[C@H]2C[C@@H](C(SCC)SCC)N(C(=O)c3cc(OC)c(OCc4ccccc4)cc3[N+](=O)[O-])C2)cc1[N+](=O)[O-]. The minimum Gasteiger partial charge on any atom is -0.493 e. The summed E-state index contributed by atoms with van der Waals surface area (Å²) in [6.45, 7) is 9.01. The van der Waals surface area contributed by atoms with E-state index in [9.17, 15) is 34.6 Å². The average Bonchev–Trinajstić information content (AvgIpc) is 3.97. The molecule has 1 N–H and O–H groups in total. The Morgan fingerprint density at radius 1 is 0.738 bits per heavy atom. The number of thioether (sulfide) groups is 4. The Labute approximate surface area is 397 Å². The maximum Gasteiger partial charge on any atom is 0.286 e. The summed E-state index contributed by atoms with van der Waals surface area (Å²) >= 11 is 6.92. The monoisotopic (exact) mass is 973 g/mol. The van der Waals surface area contributed by atoms with Crippen LogP contribution in [-0.4, -0.2) is 122 Å². The molecule has 3 aromatic carbocycles. The van der Waals surface area contributed by atoms with Crippen molar-refractivity contribution in [2.45, 2.75) is 93.7 Å². The largest absolute Gasteiger partial charge is 0.493 e. The van der Waals surface area contributed by atoms with E-state index in [2.05, 4.69) is 19.2 Å². The lowest BCUT2D eigenvalue weighted by molar-refractivity contribution is -0.385. The minimum absolute atomic E-state index is 0.0173. The van der Waals surface area contributed by atoms with Crippen LogP contribution in [0.3, 0.4) is 0 Å². The molecule has 354 valence electrons. The number of benzene rings is 3. The van der Waals surface area contributed by atoms with Gasteiger partial charge >= 0.3 is 0 Å². The second-order valence-corrected chi connectivity index (χ2v) is 21.3. The molecule has 2 aliphatic heterocycles. The Bertz CT molecular complexity index is 2110. The third-order valence-corrected chi connectivity index (χ3v) is 16.5. The van der Waals surface area contributed by atoms with E-state index in [-0.39, 0.29) is 99.6 Å². The topological polar surface area (TPSA) is 193 Å². The van der Waals surface area contributed by atoms with Gasteiger partial charge in [-0.15, -0.1) is 47.0 Å². The first-order chi connectivity index (χ1) is 31.4. The number of amides is 3. The van der Waals surface area contributed by atoms with Gasteiger partial charge in [0, 0.05) is 37.7 Å². The molecule has 0 aromatic heterocycles. The van der Waals surface area contributed by atoms with Crippen molar-refractivity contribution in [3.8, 4) is 23.0 Å². The molecule has 20 heteroatoms. The van der Waals surface area contributed by atoms with Crippen LogP contribution in [0.2, 0.25) is 0 Å². The van der Waals surface area contributed by atoms with Gasteiger partial charge in [0.2, 0.25) is 5.91 Å². The number of ether oxygens (including phenoxy) is 4. The Hall–Kier alpha value is -4.53. The zero-order chi connectivity index (χ0) is 47.0. The standard InChI is InChI=1S/C45H59N5O11S4/c1-7-62-44(63-8-2)33-18-14-20-47(33)42(52)31-23-37(58-5)39(25-34(31)49(54)55)60-21-15-19-41(51)46-30-22-36(45(64-9-3)65-10-4)48(27-30)43(53)32-24-38(59-6)40(26-35(32)50(56)57)61-28-29-16-12-11-13-17-29/h11-13,16-17,23-26,30,33,36,44-45H,7-10,14-15,18-22,27-28H2,1-6H3,(H,46,51)/t30-,33-,36-/m0/s1. The number of methoxy groups -OCH3 is 2. The lowest BCUT2D eigenvalue weighted by Gasteiger charge is -2.31. The third kappa shape index (κ3) is 13.3. The molecule has 5 rings (SSSR count). The fourth-order valence-electron chi connectivity index (χ4n) is 8.03. The number of rotatable bonds is 25. The van der Waals surface area contributed by atoms with Crippen molar-refractivity contribution in [3.05, 3.63) is 91.5 Å². The van der Waals surface area contributed by atoms with Crippen molar-refractivity contribution in [2.75, 3.05) is 56.9 Å². The first kappa shape index (κ1) is 51.5. The average molecular weight is 974 g/mol. The Morgan fingerprint density at radius 2 is 1.26 bits per heavy atom. The van der Waals surface area contributed by atoms with Gasteiger partial charge in [-0.1, -0.05) is 58.0 Å². The predicted molar refractivity (Wildman–Crippen MR) is 260 cm³/mol. The number of nitro groups is 2. The number of nitrogens with zero attached hydrogens (tertiary/aromatic N) is 4.